The van der Waals surface area contributed by atoms with Crippen LogP contribution in [0.3, 0.4) is 0 Å². The topological polar surface area (TPSA) is 96.0 Å². The smallest absolute Gasteiger partial charge is 0.264 e. The predicted molar refractivity (Wildman–Crippen MR) is 202 cm³/mol. The zero-order valence-electron chi connectivity index (χ0n) is 29.4. The van der Waals surface area contributed by atoms with Crippen molar-refractivity contribution in [3.8, 4) is 11.5 Å². The van der Waals surface area contributed by atoms with E-state index < -0.39 is 28.5 Å². The van der Waals surface area contributed by atoms with Crippen LogP contribution in [0.4, 0.5) is 5.69 Å². The van der Waals surface area contributed by atoms with E-state index in [4.69, 9.17) is 4.74 Å². The van der Waals surface area contributed by atoms with Gasteiger partial charge in [0.1, 0.15) is 24.1 Å². The molecule has 51 heavy (non-hydrogen) atoms. The minimum Gasteiger partial charge on any atom is -0.457 e. The lowest BCUT2D eigenvalue weighted by Gasteiger charge is -2.34. The number of rotatable bonds is 16. The molecule has 0 aliphatic heterocycles. The molecule has 0 fully saturated rings. The molecule has 0 aromatic heterocycles. The van der Waals surface area contributed by atoms with Crippen LogP contribution in [0, 0.1) is 13.8 Å². The number of sulfonamides is 1. The fraction of sp³-hybridized carbons (Fsp3) is 0.238. The number of carbonyl (C=O) groups excluding carboxylic acids is 2. The number of unbranched alkanes of at least 4 members (excludes halogenated alkanes) is 1. The number of benzene rings is 5. The quantitative estimate of drug-likeness (QED) is 0.106. The largest absolute Gasteiger partial charge is 0.457 e. The van der Waals surface area contributed by atoms with E-state index in [1.54, 1.807) is 48.5 Å². The van der Waals surface area contributed by atoms with E-state index in [9.17, 15) is 18.0 Å². The molecule has 5 rings (SSSR count). The summed E-state index contributed by atoms with van der Waals surface area (Å²) < 4.78 is 35.9. The zero-order valence-corrected chi connectivity index (χ0v) is 30.2. The predicted octanol–water partition coefficient (Wildman–Crippen LogP) is 7.85. The first-order valence-corrected chi connectivity index (χ1v) is 18.7. The number of aryl methyl sites for hydroxylation is 2. The third-order valence-corrected chi connectivity index (χ3v) is 10.5. The Morgan fingerprint density at radius 3 is 2.00 bits per heavy atom. The summed E-state index contributed by atoms with van der Waals surface area (Å²) in [5.74, 6) is 0.351. The molecule has 5 aromatic rings. The first-order chi connectivity index (χ1) is 24.7. The van der Waals surface area contributed by atoms with Crippen LogP contribution in [-0.4, -0.2) is 44.3 Å². The van der Waals surface area contributed by atoms with E-state index in [-0.39, 0.29) is 29.5 Å². The summed E-state index contributed by atoms with van der Waals surface area (Å²) in [6.07, 6.45) is 1.95. The summed E-state index contributed by atoms with van der Waals surface area (Å²) >= 11 is 0. The van der Waals surface area contributed by atoms with Crippen molar-refractivity contribution >= 4 is 27.5 Å². The Balaban J connectivity index is 1.55. The maximum Gasteiger partial charge on any atom is 0.264 e. The number of ether oxygens (including phenoxy) is 1. The number of amides is 2. The molecule has 0 spiro atoms. The van der Waals surface area contributed by atoms with E-state index in [1.165, 1.54) is 4.90 Å². The molecular weight excluding hydrogens is 659 g/mol. The first-order valence-electron chi connectivity index (χ1n) is 17.2. The summed E-state index contributed by atoms with van der Waals surface area (Å²) in [7, 11) is -4.23. The second kappa shape index (κ2) is 17.5. The highest BCUT2D eigenvalue weighted by Crippen LogP contribution is 2.29. The molecule has 5 aromatic carbocycles. The van der Waals surface area contributed by atoms with Crippen LogP contribution in [0.5, 0.6) is 11.5 Å². The normalized spacial score (nSPS) is 11.7. The standard InChI is InChI=1S/C42H45N3O5S/c1-4-5-28-43-42(47)40(29-34-15-8-6-9-16-34)44(30-35-17-13-12-14-33(35)3)41(46)31-45(51(48,49)39-26-20-32(2)21-27-39)36-22-24-38(25-23-36)50-37-18-10-7-11-19-37/h6-27,40H,4-5,28-31H2,1-3H3,(H,43,47). The van der Waals surface area contributed by atoms with Crippen LogP contribution in [0.25, 0.3) is 0 Å². The van der Waals surface area contributed by atoms with Crippen LogP contribution >= 0.6 is 0 Å². The van der Waals surface area contributed by atoms with E-state index in [1.807, 2.05) is 106 Å². The molecule has 0 saturated carbocycles. The van der Waals surface area contributed by atoms with Gasteiger partial charge in [0.25, 0.3) is 10.0 Å². The summed E-state index contributed by atoms with van der Waals surface area (Å²) in [6.45, 7) is 5.94. The fourth-order valence-corrected chi connectivity index (χ4v) is 7.12. The summed E-state index contributed by atoms with van der Waals surface area (Å²) in [5.41, 5.74) is 3.89. The molecule has 1 atom stereocenters. The maximum atomic E-state index is 14.8. The van der Waals surface area contributed by atoms with E-state index in [0.717, 1.165) is 39.4 Å². The van der Waals surface area contributed by atoms with Gasteiger partial charge in [-0.2, -0.15) is 0 Å². The molecule has 2 amide bonds. The average molecular weight is 704 g/mol. The number of hydrogen-bond donors (Lipinski definition) is 1. The number of carbonyl (C=O) groups is 2. The second-order valence-electron chi connectivity index (χ2n) is 12.5. The van der Waals surface area contributed by atoms with Crippen molar-refractivity contribution in [2.24, 2.45) is 0 Å². The maximum absolute atomic E-state index is 14.8. The Morgan fingerprint density at radius 1 is 0.745 bits per heavy atom. The minimum atomic E-state index is -4.23. The van der Waals surface area contributed by atoms with Crippen LogP contribution < -0.4 is 14.4 Å². The monoisotopic (exact) mass is 703 g/mol. The van der Waals surface area contributed by atoms with Crippen molar-refractivity contribution in [3.63, 3.8) is 0 Å². The van der Waals surface area contributed by atoms with Gasteiger partial charge in [-0.1, -0.05) is 104 Å². The lowest BCUT2D eigenvalue weighted by molar-refractivity contribution is -0.140. The molecule has 0 radical (unpaired) electrons. The van der Waals surface area contributed by atoms with Gasteiger partial charge in [0.05, 0.1) is 10.6 Å². The third kappa shape index (κ3) is 9.86. The molecule has 9 heteroatoms. The molecule has 0 aliphatic rings. The Morgan fingerprint density at radius 2 is 1.35 bits per heavy atom. The minimum absolute atomic E-state index is 0.0501. The van der Waals surface area contributed by atoms with Crippen molar-refractivity contribution in [2.75, 3.05) is 17.4 Å². The Labute approximate surface area is 301 Å². The Bertz CT molecular complexity index is 1980. The number of anilines is 1. The lowest BCUT2D eigenvalue weighted by atomic mass is 10.0. The first kappa shape index (κ1) is 36.9. The molecule has 1 unspecified atom stereocenters. The number of nitrogens with one attached hydrogen (secondary N) is 1. The van der Waals surface area contributed by atoms with Gasteiger partial charge in [-0.05, 0) is 85.5 Å². The van der Waals surface area contributed by atoms with Gasteiger partial charge in [-0.15, -0.1) is 0 Å². The van der Waals surface area contributed by atoms with Gasteiger partial charge in [0.15, 0.2) is 0 Å². The SMILES string of the molecule is CCCCNC(=O)C(Cc1ccccc1)N(Cc1ccccc1C)C(=O)CN(c1ccc(Oc2ccccc2)cc1)S(=O)(=O)c1ccc(C)cc1. The highest BCUT2D eigenvalue weighted by Gasteiger charge is 2.34. The van der Waals surface area contributed by atoms with Gasteiger partial charge >= 0.3 is 0 Å². The molecule has 1 N–H and O–H groups in total. The average Bonchev–Trinajstić information content (AvgIpc) is 3.14. The van der Waals surface area contributed by atoms with Gasteiger partial charge in [-0.25, -0.2) is 8.42 Å². The lowest BCUT2D eigenvalue weighted by Crippen LogP contribution is -2.53. The van der Waals surface area contributed by atoms with E-state index in [0.29, 0.717) is 18.0 Å². The molecule has 0 bridgehead atoms. The van der Waals surface area contributed by atoms with Gasteiger partial charge in [0, 0.05) is 19.5 Å². The number of para-hydroxylation sites is 1. The van der Waals surface area contributed by atoms with E-state index >= 15 is 0 Å². The van der Waals surface area contributed by atoms with Crippen LogP contribution in [0.2, 0.25) is 0 Å². The van der Waals surface area contributed by atoms with Gasteiger partial charge in [-0.3, -0.25) is 13.9 Å². The summed E-state index contributed by atoms with van der Waals surface area (Å²) in [5, 5.41) is 3.03. The molecular formula is C42H45N3O5S. The van der Waals surface area contributed by atoms with Crippen molar-refractivity contribution in [3.05, 3.63) is 156 Å². The van der Waals surface area contributed by atoms with Crippen LogP contribution in [-0.2, 0) is 32.6 Å². The van der Waals surface area contributed by atoms with Crippen molar-refractivity contribution in [1.29, 1.82) is 0 Å². The van der Waals surface area contributed by atoms with Gasteiger partial charge < -0.3 is 15.0 Å². The molecule has 8 nitrogen and oxygen atoms in total. The van der Waals surface area contributed by atoms with Crippen molar-refractivity contribution < 1.29 is 22.7 Å². The summed E-state index contributed by atoms with van der Waals surface area (Å²) in [6, 6.07) is 38.8. The number of hydrogen-bond acceptors (Lipinski definition) is 5. The molecule has 0 heterocycles. The zero-order chi connectivity index (χ0) is 36.2. The van der Waals surface area contributed by atoms with Gasteiger partial charge in [0.2, 0.25) is 11.8 Å². The van der Waals surface area contributed by atoms with Crippen LogP contribution in [0.15, 0.2) is 138 Å². The van der Waals surface area contributed by atoms with Crippen molar-refractivity contribution in [2.45, 2.75) is 57.5 Å². The molecule has 0 aliphatic carbocycles. The summed E-state index contributed by atoms with van der Waals surface area (Å²) in [4.78, 5) is 30.3. The van der Waals surface area contributed by atoms with Crippen LogP contribution in [0.1, 0.15) is 42.0 Å². The fourth-order valence-electron chi connectivity index (χ4n) is 5.70. The molecule has 0 saturated heterocycles. The second-order valence-corrected chi connectivity index (χ2v) is 14.4. The highest BCUT2D eigenvalue weighted by molar-refractivity contribution is 7.92. The van der Waals surface area contributed by atoms with Crippen molar-refractivity contribution in [1.82, 2.24) is 10.2 Å². The van der Waals surface area contributed by atoms with E-state index in [2.05, 4.69) is 5.32 Å². The molecule has 264 valence electrons. The number of nitrogens with zero attached hydrogens (tertiary/aromatic N) is 2. The Hall–Kier alpha value is -5.41. The highest BCUT2D eigenvalue weighted by atomic mass is 32.2. The third-order valence-electron chi connectivity index (χ3n) is 8.69. The Kier molecular flexibility index (Phi) is 12.6.